The third kappa shape index (κ3) is 8.28. The van der Waals surface area contributed by atoms with Crippen LogP contribution in [0.4, 0.5) is 4.39 Å². The second-order valence-corrected chi connectivity index (χ2v) is 8.45. The van der Waals surface area contributed by atoms with Crippen molar-refractivity contribution in [3.8, 4) is 0 Å². The van der Waals surface area contributed by atoms with Crippen molar-refractivity contribution in [1.29, 1.82) is 0 Å². The lowest BCUT2D eigenvalue weighted by molar-refractivity contribution is 0.0475. The van der Waals surface area contributed by atoms with Gasteiger partial charge in [0.05, 0.1) is 13.2 Å². The van der Waals surface area contributed by atoms with Crippen LogP contribution in [-0.2, 0) is 19.3 Å². The summed E-state index contributed by atoms with van der Waals surface area (Å²) in [5.74, 6) is -0.270. The molecule has 2 nitrogen and oxygen atoms in total. The molecule has 0 aliphatic heterocycles. The number of aryl methyl sites for hydroxylation is 2. The molecule has 0 radical (unpaired) electrons. The second kappa shape index (κ2) is 12.8. The minimum absolute atomic E-state index is 0.0863. The molecule has 0 aliphatic rings. The van der Waals surface area contributed by atoms with Crippen molar-refractivity contribution in [3.05, 3.63) is 71.0 Å². The van der Waals surface area contributed by atoms with Gasteiger partial charge in [-0.25, -0.2) is 4.39 Å². The van der Waals surface area contributed by atoms with Gasteiger partial charge in [-0.1, -0.05) is 75.4 Å². The Morgan fingerprint density at radius 1 is 0.690 bits per heavy atom. The summed E-state index contributed by atoms with van der Waals surface area (Å²) in [4.78, 5) is 0. The molecule has 0 fully saturated rings. The van der Waals surface area contributed by atoms with Crippen molar-refractivity contribution >= 4 is 0 Å². The van der Waals surface area contributed by atoms with Crippen LogP contribution in [0.3, 0.4) is 0 Å². The highest BCUT2D eigenvalue weighted by Gasteiger charge is 2.29. The minimum Gasteiger partial charge on any atom is -0.396 e. The molecule has 2 rings (SSSR count). The lowest BCUT2D eigenvalue weighted by Gasteiger charge is -2.30. The number of aliphatic hydroxyl groups excluding tert-OH is 2. The van der Waals surface area contributed by atoms with E-state index in [2.05, 4.69) is 31.2 Å². The Bertz CT molecular complexity index is 675. The van der Waals surface area contributed by atoms with E-state index in [0.29, 0.717) is 12.8 Å². The fourth-order valence-electron chi connectivity index (χ4n) is 3.84. The lowest BCUT2D eigenvalue weighted by Crippen LogP contribution is -2.33. The summed E-state index contributed by atoms with van der Waals surface area (Å²) >= 11 is 0. The number of halogens is 1. The molecular weight excluding hydrogens is 363 g/mol. The molecule has 0 aliphatic carbocycles. The average molecular weight is 401 g/mol. The van der Waals surface area contributed by atoms with Gasteiger partial charge >= 0.3 is 0 Å². The van der Waals surface area contributed by atoms with Crippen LogP contribution < -0.4 is 0 Å². The lowest BCUT2D eigenvalue weighted by atomic mass is 9.78. The monoisotopic (exact) mass is 400 g/mol. The molecule has 0 saturated heterocycles. The largest absolute Gasteiger partial charge is 0.396 e. The smallest absolute Gasteiger partial charge is 0.123 e. The first kappa shape index (κ1) is 23.6. The van der Waals surface area contributed by atoms with Crippen molar-refractivity contribution in [2.45, 2.75) is 71.1 Å². The number of aliphatic hydroxyl groups is 2. The number of rotatable bonds is 14. The highest BCUT2D eigenvalue weighted by molar-refractivity contribution is 5.23. The molecule has 0 amide bonds. The van der Waals surface area contributed by atoms with Gasteiger partial charge < -0.3 is 10.2 Å². The van der Waals surface area contributed by atoms with Crippen LogP contribution in [0.1, 0.15) is 68.6 Å². The highest BCUT2D eigenvalue weighted by atomic mass is 19.1. The van der Waals surface area contributed by atoms with Crippen LogP contribution in [0, 0.1) is 11.2 Å². The first-order valence-electron chi connectivity index (χ1n) is 11.1. The Hall–Kier alpha value is -1.71. The molecule has 0 spiro atoms. The first-order chi connectivity index (χ1) is 14.1. The van der Waals surface area contributed by atoms with Crippen LogP contribution in [-0.4, -0.2) is 23.4 Å². The van der Waals surface area contributed by atoms with Crippen molar-refractivity contribution < 1.29 is 14.6 Å². The van der Waals surface area contributed by atoms with E-state index in [4.69, 9.17) is 0 Å². The third-order valence-electron chi connectivity index (χ3n) is 5.95. The molecule has 2 aromatic rings. The van der Waals surface area contributed by atoms with E-state index in [-0.39, 0.29) is 19.0 Å². The maximum Gasteiger partial charge on any atom is 0.123 e. The van der Waals surface area contributed by atoms with Crippen LogP contribution in [0.2, 0.25) is 0 Å². The fourth-order valence-corrected chi connectivity index (χ4v) is 3.84. The summed E-state index contributed by atoms with van der Waals surface area (Å²) in [5.41, 5.74) is 2.95. The van der Waals surface area contributed by atoms with Crippen molar-refractivity contribution in [2.24, 2.45) is 5.41 Å². The minimum atomic E-state index is -0.588. The third-order valence-corrected chi connectivity index (χ3v) is 5.95. The zero-order valence-corrected chi connectivity index (χ0v) is 17.9. The molecular formula is C26H37FO2. The van der Waals surface area contributed by atoms with E-state index in [0.717, 1.165) is 18.4 Å². The zero-order chi connectivity index (χ0) is 21.0. The normalized spacial score (nSPS) is 11.7. The molecule has 3 heteroatoms. The Morgan fingerprint density at radius 2 is 1.21 bits per heavy atom. The van der Waals surface area contributed by atoms with E-state index < -0.39 is 5.41 Å². The molecule has 160 valence electrons. The van der Waals surface area contributed by atoms with Crippen molar-refractivity contribution in [3.63, 3.8) is 0 Å². The molecule has 0 atom stereocenters. The van der Waals surface area contributed by atoms with Crippen LogP contribution in [0.5, 0.6) is 0 Å². The topological polar surface area (TPSA) is 40.5 Å². The molecule has 0 unspecified atom stereocenters. The second-order valence-electron chi connectivity index (χ2n) is 8.45. The van der Waals surface area contributed by atoms with Gasteiger partial charge in [0.1, 0.15) is 5.82 Å². The van der Waals surface area contributed by atoms with Gasteiger partial charge in [0.2, 0.25) is 0 Å². The molecule has 0 bridgehead atoms. The summed E-state index contributed by atoms with van der Waals surface area (Å²) < 4.78 is 13.1. The SMILES string of the molecule is CCCCCCCCc1ccc(CCC(CO)(CO)Cc2ccc(F)cc2)cc1. The summed E-state index contributed by atoms with van der Waals surface area (Å²) in [6.45, 7) is 2.07. The number of benzene rings is 2. The van der Waals surface area contributed by atoms with Gasteiger partial charge in [0.25, 0.3) is 0 Å². The first-order valence-corrected chi connectivity index (χ1v) is 11.1. The van der Waals surface area contributed by atoms with E-state index in [9.17, 15) is 14.6 Å². The van der Waals surface area contributed by atoms with Gasteiger partial charge in [-0.05, 0) is 60.9 Å². The van der Waals surface area contributed by atoms with Crippen LogP contribution in [0.25, 0.3) is 0 Å². The summed E-state index contributed by atoms with van der Waals surface area (Å²) in [6, 6.07) is 15.1. The Kier molecular flexibility index (Phi) is 10.4. The van der Waals surface area contributed by atoms with Gasteiger partial charge in [-0.15, -0.1) is 0 Å². The molecule has 0 aromatic heterocycles. The predicted molar refractivity (Wildman–Crippen MR) is 119 cm³/mol. The summed E-state index contributed by atoms with van der Waals surface area (Å²) in [5, 5.41) is 19.9. The summed E-state index contributed by atoms with van der Waals surface area (Å²) in [6.07, 6.45) is 11.0. The molecule has 0 heterocycles. The average Bonchev–Trinajstić information content (AvgIpc) is 2.76. The fraction of sp³-hybridized carbons (Fsp3) is 0.538. The molecule has 29 heavy (non-hydrogen) atoms. The molecule has 2 N–H and O–H groups in total. The standard InChI is InChI=1S/C26H37FO2/c1-2-3-4-5-6-7-8-22-9-11-23(12-10-22)17-18-26(20-28,21-29)19-24-13-15-25(27)16-14-24/h9-16,28-29H,2-8,17-21H2,1H3. The van der Waals surface area contributed by atoms with Gasteiger partial charge in [-0.2, -0.15) is 0 Å². The van der Waals surface area contributed by atoms with Gasteiger partial charge in [0.15, 0.2) is 0 Å². The Morgan fingerprint density at radius 3 is 1.79 bits per heavy atom. The number of hydrogen-bond acceptors (Lipinski definition) is 2. The van der Waals surface area contributed by atoms with Crippen LogP contribution >= 0.6 is 0 Å². The maximum absolute atomic E-state index is 13.1. The van der Waals surface area contributed by atoms with Crippen molar-refractivity contribution in [1.82, 2.24) is 0 Å². The predicted octanol–water partition coefficient (Wildman–Crippen LogP) is 5.88. The van der Waals surface area contributed by atoms with Gasteiger partial charge in [-0.3, -0.25) is 0 Å². The van der Waals surface area contributed by atoms with Crippen molar-refractivity contribution in [2.75, 3.05) is 13.2 Å². The quantitative estimate of drug-likeness (QED) is 0.389. The Balaban J connectivity index is 1.83. The number of unbranched alkanes of at least 4 members (excludes halogenated alkanes) is 5. The van der Waals surface area contributed by atoms with E-state index in [1.165, 1.54) is 61.8 Å². The van der Waals surface area contributed by atoms with Gasteiger partial charge in [0, 0.05) is 5.41 Å². The maximum atomic E-state index is 13.1. The van der Waals surface area contributed by atoms with Crippen LogP contribution in [0.15, 0.2) is 48.5 Å². The number of hydrogen-bond donors (Lipinski definition) is 2. The van der Waals surface area contributed by atoms with E-state index >= 15 is 0 Å². The molecule has 0 saturated carbocycles. The highest BCUT2D eigenvalue weighted by Crippen LogP contribution is 2.28. The molecule has 2 aromatic carbocycles. The Labute approximate surface area is 175 Å². The van der Waals surface area contributed by atoms with E-state index in [1.54, 1.807) is 12.1 Å². The van der Waals surface area contributed by atoms with E-state index in [1.807, 2.05) is 0 Å². The zero-order valence-electron chi connectivity index (χ0n) is 17.9. The summed E-state index contributed by atoms with van der Waals surface area (Å²) in [7, 11) is 0.